The van der Waals surface area contributed by atoms with Crippen LogP contribution >= 0.6 is 0 Å². The second-order valence-corrected chi connectivity index (χ2v) is 3.45. The van der Waals surface area contributed by atoms with Gasteiger partial charge < -0.3 is 4.90 Å². The van der Waals surface area contributed by atoms with Crippen LogP contribution in [0.1, 0.15) is 10.5 Å². The number of aromatic nitrogens is 1. The highest BCUT2D eigenvalue weighted by Crippen LogP contribution is 2.17. The molecule has 0 atom stereocenters. The second kappa shape index (κ2) is 3.74. The smallest absolute Gasteiger partial charge is 0.272 e. The van der Waals surface area contributed by atoms with Crippen molar-refractivity contribution in [3.8, 4) is 0 Å². The van der Waals surface area contributed by atoms with E-state index in [4.69, 9.17) is 0 Å². The minimum atomic E-state index is -0.341. The highest BCUT2D eigenvalue weighted by atomic mass is 19.1. The van der Waals surface area contributed by atoms with Gasteiger partial charge in [-0.3, -0.25) is 14.2 Å². The van der Waals surface area contributed by atoms with Crippen LogP contribution in [-0.4, -0.2) is 35.6 Å². The number of hydrogen-bond acceptors (Lipinski definition) is 2. The number of halogens is 1. The van der Waals surface area contributed by atoms with Gasteiger partial charge in [-0.05, 0) is 12.1 Å². The topological polar surface area (TPSA) is 33.2 Å². The number of likely N-dealkylation sites (tertiary alicyclic amines) is 1. The molecule has 1 aromatic heterocycles. The number of carbonyl (C=O) groups is 1. The van der Waals surface area contributed by atoms with E-state index in [-0.39, 0.29) is 18.5 Å². The van der Waals surface area contributed by atoms with Crippen molar-refractivity contribution in [2.24, 2.45) is 5.92 Å². The molecule has 0 bridgehead atoms. The number of nitrogens with zero attached hydrogens (tertiary/aromatic N) is 2. The van der Waals surface area contributed by atoms with Crippen LogP contribution in [0.2, 0.25) is 0 Å². The first-order valence-electron chi connectivity index (χ1n) is 4.57. The fraction of sp³-hybridized carbons (Fsp3) is 0.400. The predicted molar refractivity (Wildman–Crippen MR) is 49.6 cm³/mol. The molecule has 74 valence electrons. The van der Waals surface area contributed by atoms with Crippen molar-refractivity contribution in [2.45, 2.75) is 0 Å². The average Bonchev–Trinajstić information content (AvgIpc) is 2.17. The van der Waals surface area contributed by atoms with Crippen molar-refractivity contribution in [1.29, 1.82) is 0 Å². The average molecular weight is 194 g/mol. The molecular weight excluding hydrogens is 183 g/mol. The zero-order valence-corrected chi connectivity index (χ0v) is 7.69. The molecule has 0 saturated carbocycles. The molecule has 1 aromatic rings. The van der Waals surface area contributed by atoms with Gasteiger partial charge in [0.25, 0.3) is 5.91 Å². The Morgan fingerprint density at radius 3 is 2.93 bits per heavy atom. The molecule has 0 radical (unpaired) electrons. The van der Waals surface area contributed by atoms with Crippen LogP contribution in [0.4, 0.5) is 4.39 Å². The molecule has 1 fully saturated rings. The summed E-state index contributed by atoms with van der Waals surface area (Å²) in [6.07, 6.45) is 1.58. The van der Waals surface area contributed by atoms with E-state index in [0.717, 1.165) is 0 Å². The maximum absolute atomic E-state index is 12.1. The maximum Gasteiger partial charge on any atom is 0.272 e. The summed E-state index contributed by atoms with van der Waals surface area (Å²) in [7, 11) is 0. The molecule has 1 aliphatic heterocycles. The Balaban J connectivity index is 1.98. The van der Waals surface area contributed by atoms with Gasteiger partial charge in [0.2, 0.25) is 0 Å². The van der Waals surface area contributed by atoms with Crippen LogP contribution in [0.15, 0.2) is 24.4 Å². The molecule has 4 heteroatoms. The molecule has 2 heterocycles. The summed E-state index contributed by atoms with van der Waals surface area (Å²) >= 11 is 0. The van der Waals surface area contributed by atoms with Gasteiger partial charge >= 0.3 is 0 Å². The molecule has 0 unspecified atom stereocenters. The number of hydrogen-bond donors (Lipinski definition) is 0. The van der Waals surface area contributed by atoms with Crippen molar-refractivity contribution < 1.29 is 9.18 Å². The van der Waals surface area contributed by atoms with E-state index in [1.54, 1.807) is 29.3 Å². The van der Waals surface area contributed by atoms with Gasteiger partial charge in [-0.25, -0.2) is 0 Å². The van der Waals surface area contributed by atoms with Crippen LogP contribution in [0.25, 0.3) is 0 Å². The molecule has 1 aliphatic rings. The highest BCUT2D eigenvalue weighted by molar-refractivity contribution is 5.92. The third-order valence-corrected chi connectivity index (χ3v) is 2.35. The first-order chi connectivity index (χ1) is 6.81. The van der Waals surface area contributed by atoms with Gasteiger partial charge in [0, 0.05) is 25.2 Å². The maximum atomic E-state index is 12.1. The third kappa shape index (κ3) is 1.60. The first-order valence-corrected chi connectivity index (χ1v) is 4.57. The normalized spacial score (nSPS) is 16.5. The second-order valence-electron chi connectivity index (χ2n) is 3.45. The Labute approximate surface area is 81.6 Å². The molecule has 0 spiro atoms. The van der Waals surface area contributed by atoms with Crippen LogP contribution in [0.5, 0.6) is 0 Å². The standard InChI is InChI=1S/C10H11FN2O/c11-5-8-6-13(7-8)10(14)9-3-1-2-4-12-9/h1-4,8H,5-7H2. The minimum absolute atomic E-state index is 0.0302. The summed E-state index contributed by atoms with van der Waals surface area (Å²) in [5.74, 6) is -0.0713. The van der Waals surface area contributed by atoms with Crippen molar-refractivity contribution in [3.05, 3.63) is 30.1 Å². The van der Waals surface area contributed by atoms with E-state index in [1.807, 2.05) is 0 Å². The Hall–Kier alpha value is -1.45. The number of amides is 1. The lowest BCUT2D eigenvalue weighted by Gasteiger charge is -2.37. The fourth-order valence-electron chi connectivity index (χ4n) is 1.48. The molecule has 14 heavy (non-hydrogen) atoms. The van der Waals surface area contributed by atoms with E-state index in [2.05, 4.69) is 4.98 Å². The van der Waals surface area contributed by atoms with Crippen molar-refractivity contribution in [1.82, 2.24) is 9.88 Å². The monoisotopic (exact) mass is 194 g/mol. The van der Waals surface area contributed by atoms with Crippen LogP contribution < -0.4 is 0 Å². The van der Waals surface area contributed by atoms with Crippen molar-refractivity contribution >= 4 is 5.91 Å². The van der Waals surface area contributed by atoms with Crippen LogP contribution in [0, 0.1) is 5.92 Å². The lowest BCUT2D eigenvalue weighted by Crippen LogP contribution is -2.50. The summed E-state index contributed by atoms with van der Waals surface area (Å²) in [4.78, 5) is 17.2. The summed E-state index contributed by atoms with van der Waals surface area (Å²) in [5, 5.41) is 0. The van der Waals surface area contributed by atoms with Gasteiger partial charge in [-0.15, -0.1) is 0 Å². The van der Waals surface area contributed by atoms with Crippen molar-refractivity contribution in [3.63, 3.8) is 0 Å². The Bertz CT molecular complexity index is 322. The van der Waals surface area contributed by atoms with Crippen LogP contribution in [0.3, 0.4) is 0 Å². The van der Waals surface area contributed by atoms with Gasteiger partial charge in [0.1, 0.15) is 5.69 Å². The van der Waals surface area contributed by atoms with Crippen molar-refractivity contribution in [2.75, 3.05) is 19.8 Å². The molecule has 1 saturated heterocycles. The van der Waals surface area contributed by atoms with E-state index >= 15 is 0 Å². The Morgan fingerprint density at radius 1 is 1.57 bits per heavy atom. The SMILES string of the molecule is O=C(c1ccccn1)N1CC(CF)C1. The van der Waals surface area contributed by atoms with Crippen LogP contribution in [-0.2, 0) is 0 Å². The van der Waals surface area contributed by atoms with E-state index < -0.39 is 0 Å². The largest absolute Gasteiger partial charge is 0.336 e. The molecule has 1 amide bonds. The third-order valence-electron chi connectivity index (χ3n) is 2.35. The summed E-state index contributed by atoms with van der Waals surface area (Å²) in [6.45, 7) is 0.698. The summed E-state index contributed by atoms with van der Waals surface area (Å²) in [5.41, 5.74) is 0.435. The number of pyridine rings is 1. The van der Waals surface area contributed by atoms with Gasteiger partial charge in [-0.2, -0.15) is 0 Å². The Morgan fingerprint density at radius 2 is 2.36 bits per heavy atom. The van der Waals surface area contributed by atoms with E-state index in [1.165, 1.54) is 0 Å². The molecule has 0 aliphatic carbocycles. The minimum Gasteiger partial charge on any atom is -0.336 e. The molecule has 3 nitrogen and oxygen atoms in total. The fourth-order valence-corrected chi connectivity index (χ4v) is 1.48. The number of carbonyl (C=O) groups excluding carboxylic acids is 1. The molecule has 0 N–H and O–H groups in total. The van der Waals surface area contributed by atoms with E-state index in [9.17, 15) is 9.18 Å². The lowest BCUT2D eigenvalue weighted by molar-refractivity contribution is 0.0447. The predicted octanol–water partition coefficient (Wildman–Crippen LogP) is 1.12. The molecule has 2 rings (SSSR count). The van der Waals surface area contributed by atoms with Gasteiger partial charge in [0.15, 0.2) is 0 Å². The Kier molecular flexibility index (Phi) is 2.43. The zero-order chi connectivity index (χ0) is 9.97. The number of alkyl halides is 1. The lowest BCUT2D eigenvalue weighted by atomic mass is 10.0. The van der Waals surface area contributed by atoms with Gasteiger partial charge in [-0.1, -0.05) is 6.07 Å². The first kappa shape index (κ1) is 9.12. The summed E-state index contributed by atoms with van der Waals surface area (Å²) < 4.78 is 12.1. The van der Waals surface area contributed by atoms with E-state index in [0.29, 0.717) is 18.8 Å². The summed E-state index contributed by atoms with van der Waals surface area (Å²) in [6, 6.07) is 5.20. The molecular formula is C10H11FN2O. The quantitative estimate of drug-likeness (QED) is 0.707. The number of rotatable bonds is 2. The molecule has 0 aromatic carbocycles. The highest BCUT2D eigenvalue weighted by Gasteiger charge is 2.31. The van der Waals surface area contributed by atoms with Gasteiger partial charge in [0.05, 0.1) is 6.67 Å². The zero-order valence-electron chi connectivity index (χ0n) is 7.69.